The number of halogens is 4. The predicted molar refractivity (Wildman–Crippen MR) is 96.7 cm³/mol. The summed E-state index contributed by atoms with van der Waals surface area (Å²) in [7, 11) is 1.10. The van der Waals surface area contributed by atoms with Crippen LogP contribution in [0.2, 0.25) is 5.02 Å². The number of carbonyl (C=O) groups excluding carboxylic acids is 1. The number of aromatic nitrogens is 2. The minimum Gasteiger partial charge on any atom is -0.321 e. The number of amides is 1. The number of benzene rings is 1. The second-order valence-electron chi connectivity index (χ2n) is 6.62. The van der Waals surface area contributed by atoms with Crippen LogP contribution in [0.4, 0.5) is 18.9 Å². The summed E-state index contributed by atoms with van der Waals surface area (Å²) >= 11 is 5.74. The third-order valence-electron chi connectivity index (χ3n) is 4.54. The maximum atomic E-state index is 13.0. The highest BCUT2D eigenvalue weighted by Gasteiger charge is 2.40. The summed E-state index contributed by atoms with van der Waals surface area (Å²) in [6.07, 6.45) is -1.00. The van der Waals surface area contributed by atoms with E-state index in [1.165, 1.54) is 19.3 Å². The average Bonchev–Trinajstić information content (AvgIpc) is 2.92. The van der Waals surface area contributed by atoms with Gasteiger partial charge in [-0.2, -0.15) is 18.3 Å². The number of rotatable bonds is 4. The number of nitrogens with one attached hydrogen (secondary N) is 1. The van der Waals surface area contributed by atoms with E-state index < -0.39 is 28.5 Å². The van der Waals surface area contributed by atoms with Crippen LogP contribution in [-0.4, -0.2) is 33.7 Å². The molecule has 1 aromatic carbocycles. The summed E-state index contributed by atoms with van der Waals surface area (Å²) in [6, 6.07) is 7.23. The second-order valence-corrected chi connectivity index (χ2v) is 7.00. The van der Waals surface area contributed by atoms with Gasteiger partial charge in [-0.1, -0.05) is 30.2 Å². The first-order chi connectivity index (χ1) is 12.8. The van der Waals surface area contributed by atoms with Gasteiger partial charge in [-0.3, -0.25) is 14.4 Å². The summed E-state index contributed by atoms with van der Waals surface area (Å²) in [6.45, 7) is 3.01. The van der Waals surface area contributed by atoms with Crippen LogP contribution in [0.3, 0.4) is 0 Å². The average molecular weight is 401 g/mol. The molecule has 2 heterocycles. The molecule has 2 aromatic rings. The molecule has 0 saturated carbocycles. The normalized spacial score (nSPS) is 15.7. The van der Waals surface area contributed by atoms with Gasteiger partial charge in [-0.25, -0.2) is 0 Å². The Morgan fingerprint density at radius 3 is 2.37 bits per heavy atom. The first kappa shape index (κ1) is 19.7. The van der Waals surface area contributed by atoms with Crippen molar-refractivity contribution in [3.63, 3.8) is 0 Å². The van der Waals surface area contributed by atoms with Gasteiger partial charge < -0.3 is 5.32 Å². The number of carbonyl (C=O) groups is 1. The molecule has 3 rings (SSSR count). The van der Waals surface area contributed by atoms with E-state index in [1.807, 2.05) is 12.1 Å². The minimum absolute atomic E-state index is 0.455. The van der Waals surface area contributed by atoms with Crippen molar-refractivity contribution < 1.29 is 18.0 Å². The number of likely N-dealkylation sites (tertiary alicyclic amines) is 1. The summed E-state index contributed by atoms with van der Waals surface area (Å²) in [5.74, 6) is -0.783. The van der Waals surface area contributed by atoms with Crippen molar-refractivity contribution in [3.05, 3.63) is 46.2 Å². The zero-order valence-electron chi connectivity index (χ0n) is 14.8. The standard InChI is InChI=1S/C18H20ClF3N4O/c1-25-16(18(20,21)22)14(19)15(24-25)17(27)23-13-7-5-12(6-8-13)11-26-9-3-2-4-10-26/h5-8H,2-4,9-11H2,1H3,(H,23,27). The van der Waals surface area contributed by atoms with E-state index >= 15 is 0 Å². The fraction of sp³-hybridized carbons (Fsp3) is 0.444. The molecule has 146 valence electrons. The molecule has 1 aliphatic heterocycles. The van der Waals surface area contributed by atoms with Gasteiger partial charge in [0.2, 0.25) is 0 Å². The summed E-state index contributed by atoms with van der Waals surface area (Å²) < 4.78 is 39.5. The van der Waals surface area contributed by atoms with Crippen LogP contribution >= 0.6 is 11.6 Å². The van der Waals surface area contributed by atoms with Gasteiger partial charge in [0.05, 0.1) is 0 Å². The molecule has 0 spiro atoms. The molecule has 0 aliphatic carbocycles. The molecule has 1 saturated heterocycles. The van der Waals surface area contributed by atoms with Crippen LogP contribution in [0.15, 0.2) is 24.3 Å². The van der Waals surface area contributed by atoms with Crippen LogP contribution in [0, 0.1) is 0 Å². The van der Waals surface area contributed by atoms with Crippen LogP contribution in [0.5, 0.6) is 0 Å². The predicted octanol–water partition coefficient (Wildman–Crippen LogP) is 4.33. The summed E-state index contributed by atoms with van der Waals surface area (Å²) in [5.41, 5.74) is -0.0159. The molecular weight excluding hydrogens is 381 g/mol. The van der Waals surface area contributed by atoms with E-state index in [-0.39, 0.29) is 0 Å². The molecule has 1 aromatic heterocycles. The Morgan fingerprint density at radius 1 is 1.19 bits per heavy atom. The third-order valence-corrected chi connectivity index (χ3v) is 4.90. The fourth-order valence-electron chi connectivity index (χ4n) is 3.21. The van der Waals surface area contributed by atoms with Crippen LogP contribution in [0.1, 0.15) is 41.0 Å². The molecule has 5 nitrogen and oxygen atoms in total. The Kier molecular flexibility index (Phi) is 5.76. The molecule has 1 amide bonds. The Bertz CT molecular complexity index is 811. The molecular formula is C18H20ClF3N4O. The van der Waals surface area contributed by atoms with Gasteiger partial charge >= 0.3 is 6.18 Å². The fourth-order valence-corrected chi connectivity index (χ4v) is 3.56. The number of hydrogen-bond donors (Lipinski definition) is 1. The third kappa shape index (κ3) is 4.62. The van der Waals surface area contributed by atoms with Crippen molar-refractivity contribution in [2.24, 2.45) is 7.05 Å². The van der Waals surface area contributed by atoms with E-state index in [0.29, 0.717) is 10.4 Å². The maximum absolute atomic E-state index is 13.0. The number of nitrogens with zero attached hydrogens (tertiary/aromatic N) is 3. The molecule has 0 radical (unpaired) electrons. The van der Waals surface area contributed by atoms with Crippen molar-refractivity contribution in [2.45, 2.75) is 32.0 Å². The lowest BCUT2D eigenvalue weighted by molar-refractivity contribution is -0.143. The summed E-state index contributed by atoms with van der Waals surface area (Å²) in [4.78, 5) is 14.7. The lowest BCUT2D eigenvalue weighted by Crippen LogP contribution is -2.29. The molecule has 0 unspecified atom stereocenters. The lowest BCUT2D eigenvalue weighted by atomic mass is 10.1. The molecule has 0 bridgehead atoms. The molecule has 9 heteroatoms. The highest BCUT2D eigenvalue weighted by molar-refractivity contribution is 6.34. The molecule has 1 aliphatic rings. The quantitative estimate of drug-likeness (QED) is 0.831. The van der Waals surface area contributed by atoms with E-state index in [2.05, 4.69) is 15.3 Å². The zero-order chi connectivity index (χ0) is 19.6. The Labute approximate surface area is 160 Å². The van der Waals surface area contributed by atoms with Gasteiger partial charge in [0.25, 0.3) is 5.91 Å². The van der Waals surface area contributed by atoms with Crippen molar-refractivity contribution in [1.29, 1.82) is 0 Å². The topological polar surface area (TPSA) is 50.2 Å². The van der Waals surface area contributed by atoms with Gasteiger partial charge in [0.1, 0.15) is 5.02 Å². The van der Waals surface area contributed by atoms with Gasteiger partial charge in [-0.15, -0.1) is 0 Å². The Morgan fingerprint density at radius 2 is 1.81 bits per heavy atom. The Hall–Kier alpha value is -2.06. The maximum Gasteiger partial charge on any atom is 0.434 e. The van der Waals surface area contributed by atoms with Crippen LogP contribution < -0.4 is 5.32 Å². The number of hydrogen-bond acceptors (Lipinski definition) is 3. The lowest BCUT2D eigenvalue weighted by Gasteiger charge is -2.26. The highest BCUT2D eigenvalue weighted by atomic mass is 35.5. The molecule has 0 atom stereocenters. The largest absolute Gasteiger partial charge is 0.434 e. The summed E-state index contributed by atoms with van der Waals surface area (Å²) in [5, 5.41) is 5.45. The van der Waals surface area contributed by atoms with Crippen LogP contribution in [0.25, 0.3) is 0 Å². The Balaban J connectivity index is 1.68. The molecule has 27 heavy (non-hydrogen) atoms. The minimum atomic E-state index is -4.69. The van der Waals surface area contributed by atoms with Crippen molar-refractivity contribution in [1.82, 2.24) is 14.7 Å². The van der Waals surface area contributed by atoms with Crippen molar-refractivity contribution in [3.8, 4) is 0 Å². The van der Waals surface area contributed by atoms with E-state index in [4.69, 9.17) is 11.6 Å². The van der Waals surface area contributed by atoms with Crippen LogP contribution in [-0.2, 0) is 19.8 Å². The van der Waals surface area contributed by atoms with Gasteiger partial charge in [-0.05, 0) is 43.6 Å². The van der Waals surface area contributed by atoms with Crippen molar-refractivity contribution in [2.75, 3.05) is 18.4 Å². The first-order valence-corrected chi connectivity index (χ1v) is 9.06. The molecule has 1 N–H and O–H groups in total. The van der Waals surface area contributed by atoms with E-state index in [1.54, 1.807) is 12.1 Å². The van der Waals surface area contributed by atoms with Crippen molar-refractivity contribution >= 4 is 23.2 Å². The second kappa shape index (κ2) is 7.90. The molecule has 1 fully saturated rings. The smallest absolute Gasteiger partial charge is 0.321 e. The number of aryl methyl sites for hydroxylation is 1. The SMILES string of the molecule is Cn1nc(C(=O)Nc2ccc(CN3CCCCC3)cc2)c(Cl)c1C(F)(F)F. The van der Waals surface area contributed by atoms with E-state index in [9.17, 15) is 18.0 Å². The monoisotopic (exact) mass is 400 g/mol. The number of anilines is 1. The highest BCUT2D eigenvalue weighted by Crippen LogP contribution is 2.36. The van der Waals surface area contributed by atoms with Gasteiger partial charge in [0.15, 0.2) is 11.4 Å². The zero-order valence-corrected chi connectivity index (χ0v) is 15.6. The number of piperidine rings is 1. The number of alkyl halides is 3. The van der Waals surface area contributed by atoms with Gasteiger partial charge in [0, 0.05) is 19.3 Å². The van der Waals surface area contributed by atoms with E-state index in [0.717, 1.165) is 32.2 Å². The first-order valence-electron chi connectivity index (χ1n) is 8.68.